The first-order chi connectivity index (χ1) is 33.4. The molecule has 0 N–H and O–H groups in total. The summed E-state index contributed by atoms with van der Waals surface area (Å²) in [6.45, 7) is 15.8. The third kappa shape index (κ3) is 104. The first-order valence-electron chi connectivity index (χ1n) is 22.6. The summed E-state index contributed by atoms with van der Waals surface area (Å²) in [6.07, 6.45) is 17.2. The standard InChI is InChI=1S/4C8H16O2.4C4H4O4.3Ce/c4*1-3-5-6-7(4-2)8(9)10;4*5-3(6)1-2-4(7)8;;;/h4*7H,3-6H2,1-2H3,(H,9,10);4*1-2H,(H,5,6)(H,7,8);;;/q;;;;;;;;3*+4/p-12/b;;;;4*2-1-;;;. The van der Waals surface area contributed by atoms with Crippen LogP contribution < -0.4 is 61.3 Å². The summed E-state index contributed by atoms with van der Waals surface area (Å²) in [6, 6.07) is 0. The second-order valence-corrected chi connectivity index (χ2v) is 14.2. The Kier molecular flexibility index (Phi) is 94.4. The molecule has 4 atom stereocenters. The molecule has 0 aromatic carbocycles. The minimum absolute atomic E-state index is 0. The third-order valence-electron chi connectivity index (χ3n) is 8.35. The first kappa shape index (κ1) is 97.3. The summed E-state index contributed by atoms with van der Waals surface area (Å²) >= 11 is 0. The van der Waals surface area contributed by atoms with E-state index >= 15 is 0 Å². The van der Waals surface area contributed by atoms with Gasteiger partial charge >= 0.3 is 125 Å². The molecule has 24 nitrogen and oxygen atoms in total. The fourth-order valence-corrected chi connectivity index (χ4v) is 4.30. The molecule has 0 aliphatic carbocycles. The van der Waals surface area contributed by atoms with E-state index in [-0.39, 0.29) is 149 Å². The maximum Gasteiger partial charge on any atom is 4.00 e. The number of carbonyl (C=O) groups is 12. The Morgan fingerprint density at radius 2 is 0.360 bits per heavy atom. The van der Waals surface area contributed by atoms with Gasteiger partial charge in [-0.25, -0.2) is 0 Å². The summed E-state index contributed by atoms with van der Waals surface area (Å²) in [5.74, 6) is -16.8. The van der Waals surface area contributed by atoms with E-state index in [4.69, 9.17) is 0 Å². The van der Waals surface area contributed by atoms with Crippen molar-refractivity contribution in [2.45, 2.75) is 158 Å². The Morgan fingerprint density at radius 1 is 0.253 bits per heavy atom. The van der Waals surface area contributed by atoms with Crippen LogP contribution in [0, 0.1) is 149 Å². The van der Waals surface area contributed by atoms with E-state index in [0.717, 1.165) is 77.0 Å². The molecule has 0 amide bonds. The Balaban J connectivity index is -0.0000000691. The van der Waals surface area contributed by atoms with Gasteiger partial charge in [0.05, 0.1) is 47.8 Å². The van der Waals surface area contributed by atoms with Gasteiger partial charge in [0.25, 0.3) is 0 Å². The summed E-state index contributed by atoms with van der Waals surface area (Å²) in [5, 5.41) is 117. The molecule has 27 heteroatoms. The zero-order chi connectivity index (χ0) is 58.2. The number of rotatable bonds is 28. The zero-order valence-electron chi connectivity index (χ0n) is 43.5. The van der Waals surface area contributed by atoms with E-state index < -0.39 is 71.6 Å². The average Bonchev–Trinajstić information content (AvgIpc) is 3.28. The van der Waals surface area contributed by atoms with E-state index in [2.05, 4.69) is 27.7 Å². The Labute approximate surface area is 539 Å². The van der Waals surface area contributed by atoms with Crippen molar-refractivity contribution < 1.29 is 244 Å². The van der Waals surface area contributed by atoms with Gasteiger partial charge in [-0.15, -0.1) is 0 Å². The largest absolute Gasteiger partial charge is 4.00 e. The van der Waals surface area contributed by atoms with Gasteiger partial charge in [-0.3, -0.25) is 0 Å². The fourth-order valence-electron chi connectivity index (χ4n) is 4.30. The van der Waals surface area contributed by atoms with Crippen molar-refractivity contribution in [3.8, 4) is 0 Å². The van der Waals surface area contributed by atoms with Crippen LogP contribution in [0.3, 0.4) is 0 Å². The van der Waals surface area contributed by atoms with Gasteiger partial charge in [-0.1, -0.05) is 107 Å². The number of unbranched alkanes of at least 4 members (excludes halogenated alkanes) is 4. The van der Waals surface area contributed by atoms with Crippen LogP contribution in [0.5, 0.6) is 0 Å². The van der Waals surface area contributed by atoms with Gasteiger partial charge in [0, 0.05) is 23.9 Å². The fraction of sp³-hybridized carbons (Fsp3) is 0.583. The molecule has 0 bridgehead atoms. The number of carboxylic acid groups (broad SMARTS) is 12. The second-order valence-electron chi connectivity index (χ2n) is 14.2. The topological polar surface area (TPSA) is 482 Å². The third-order valence-corrected chi connectivity index (χ3v) is 8.35. The molecule has 0 heterocycles. The summed E-state index contributed by atoms with van der Waals surface area (Å²) in [4.78, 5) is 117. The molecule has 0 spiro atoms. The maximum atomic E-state index is 10.3. The van der Waals surface area contributed by atoms with Crippen LogP contribution >= 0.6 is 0 Å². The zero-order valence-corrected chi connectivity index (χ0v) is 53.0. The van der Waals surface area contributed by atoms with Gasteiger partial charge in [0.15, 0.2) is 0 Å². The van der Waals surface area contributed by atoms with Gasteiger partial charge in [0.1, 0.15) is 0 Å². The van der Waals surface area contributed by atoms with Gasteiger partial charge in [-0.2, -0.15) is 0 Å². The van der Waals surface area contributed by atoms with Gasteiger partial charge in [0.2, 0.25) is 0 Å². The quantitative estimate of drug-likeness (QED) is 0.0657. The number of aliphatic carboxylic acids is 12. The molecule has 0 saturated heterocycles. The summed E-state index contributed by atoms with van der Waals surface area (Å²) in [7, 11) is 0. The smallest absolute Gasteiger partial charge is 0.550 e. The molecule has 0 fully saturated rings. The molecule has 0 aliphatic heterocycles. The van der Waals surface area contributed by atoms with Crippen LogP contribution in [0.1, 0.15) is 158 Å². The van der Waals surface area contributed by atoms with E-state index in [1.807, 2.05) is 27.7 Å². The van der Waals surface area contributed by atoms with E-state index in [1.54, 1.807) is 0 Å². The first-order valence-corrected chi connectivity index (χ1v) is 22.6. The Morgan fingerprint density at radius 3 is 0.413 bits per heavy atom. The van der Waals surface area contributed by atoms with Crippen molar-refractivity contribution in [2.24, 2.45) is 23.7 Å². The van der Waals surface area contributed by atoms with Crippen molar-refractivity contribution in [1.82, 2.24) is 0 Å². The number of hydrogen-bond donors (Lipinski definition) is 0. The number of carbonyl (C=O) groups excluding carboxylic acids is 12. The monoisotopic (exact) mass is 1450 g/mol. The van der Waals surface area contributed by atoms with Crippen LogP contribution in [-0.4, -0.2) is 71.6 Å². The molecule has 75 heavy (non-hydrogen) atoms. The Hall–Kier alpha value is -3.27. The van der Waals surface area contributed by atoms with E-state index in [0.29, 0.717) is 74.3 Å². The maximum absolute atomic E-state index is 10.3. The molecular weight excluding hydrogens is 1380 g/mol. The SMILES string of the molecule is CCCCC(CC)C(=O)[O-].CCCCC(CC)C(=O)[O-].CCCCC(CC)C(=O)[O-].CCCCC(CC)C(=O)[O-].O=C([O-])/C=C\C(=O)[O-].O=C([O-])/C=C\C(=O)[O-].O=C([O-])/C=C\C(=O)[O-].O=C([O-])/C=C\C(=O)[O-].[Ce+4].[Ce+4].[Ce+4]. The van der Waals surface area contributed by atoms with Crippen molar-refractivity contribution >= 4 is 71.6 Å². The van der Waals surface area contributed by atoms with Crippen LogP contribution in [0.4, 0.5) is 0 Å². The van der Waals surface area contributed by atoms with Crippen LogP contribution in [0.2, 0.25) is 0 Å². The van der Waals surface area contributed by atoms with Crippen LogP contribution in [0.25, 0.3) is 0 Å². The Bertz CT molecular complexity index is 1370. The molecule has 0 aromatic rings. The molecule has 0 radical (unpaired) electrons. The molecule has 0 saturated carbocycles. The normalized spacial score (nSPS) is 11.0. The van der Waals surface area contributed by atoms with Crippen molar-refractivity contribution in [3.63, 3.8) is 0 Å². The van der Waals surface area contributed by atoms with E-state index in [9.17, 15) is 119 Å². The molecule has 4 unspecified atom stereocenters. The molecule has 0 aromatic heterocycles. The average molecular weight is 1450 g/mol. The predicted octanol–water partition coefficient (Wildman–Crippen LogP) is -8.02. The van der Waals surface area contributed by atoms with Crippen LogP contribution in [0.15, 0.2) is 48.6 Å². The minimum Gasteiger partial charge on any atom is -0.550 e. The predicted molar refractivity (Wildman–Crippen MR) is 230 cm³/mol. The van der Waals surface area contributed by atoms with Gasteiger partial charge < -0.3 is 119 Å². The van der Waals surface area contributed by atoms with Crippen molar-refractivity contribution in [1.29, 1.82) is 0 Å². The number of carboxylic acids is 12. The second kappa shape index (κ2) is 72.8. The molecular formula is C48H68Ce3O24. The summed E-state index contributed by atoms with van der Waals surface area (Å²) in [5.41, 5.74) is 0. The van der Waals surface area contributed by atoms with E-state index in [1.165, 1.54) is 0 Å². The minimum atomic E-state index is -1.55. The summed E-state index contributed by atoms with van der Waals surface area (Å²) < 4.78 is 0. The van der Waals surface area contributed by atoms with Crippen molar-refractivity contribution in [3.05, 3.63) is 48.6 Å². The molecule has 0 rings (SSSR count). The van der Waals surface area contributed by atoms with Crippen molar-refractivity contribution in [2.75, 3.05) is 0 Å². The number of hydrogen-bond acceptors (Lipinski definition) is 24. The van der Waals surface area contributed by atoms with Crippen LogP contribution in [-0.2, 0) is 57.5 Å². The molecule has 0 aliphatic rings. The van der Waals surface area contributed by atoms with Gasteiger partial charge in [-0.05, 0) is 124 Å². The molecule has 416 valence electrons.